The number of hydrogen-bond donors (Lipinski definition) is 1. The largest absolute Gasteiger partial charge is 0.329 e. The molecule has 2 aliphatic rings. The van der Waals surface area contributed by atoms with Crippen LogP contribution in [-0.4, -0.2) is 54.1 Å². The first kappa shape index (κ1) is 15.3. The van der Waals surface area contributed by atoms with E-state index >= 15 is 0 Å². The normalized spacial score (nSPS) is 34.9. The van der Waals surface area contributed by atoms with E-state index < -0.39 is 0 Å². The fourth-order valence-corrected chi connectivity index (χ4v) is 3.93. The van der Waals surface area contributed by atoms with Crippen molar-refractivity contribution in [1.29, 1.82) is 0 Å². The molecule has 3 heteroatoms. The summed E-state index contributed by atoms with van der Waals surface area (Å²) in [5.41, 5.74) is 6.48. The Balaban J connectivity index is 2.01. The molecule has 0 saturated carbocycles. The zero-order chi connectivity index (χ0) is 13.9. The molecule has 2 heterocycles. The molecule has 3 nitrogen and oxygen atoms in total. The van der Waals surface area contributed by atoms with E-state index in [1.165, 1.54) is 58.3 Å². The van der Waals surface area contributed by atoms with Crippen LogP contribution in [0.2, 0.25) is 0 Å². The first-order valence-corrected chi connectivity index (χ1v) is 8.30. The molecule has 0 amide bonds. The van der Waals surface area contributed by atoms with Gasteiger partial charge in [-0.25, -0.2) is 0 Å². The van der Waals surface area contributed by atoms with Crippen molar-refractivity contribution < 1.29 is 0 Å². The topological polar surface area (TPSA) is 32.5 Å². The summed E-state index contributed by atoms with van der Waals surface area (Å²) >= 11 is 0. The third kappa shape index (κ3) is 3.32. The van der Waals surface area contributed by atoms with Gasteiger partial charge >= 0.3 is 0 Å². The Morgan fingerprint density at radius 2 is 2.00 bits per heavy atom. The highest BCUT2D eigenvalue weighted by atomic mass is 15.3. The van der Waals surface area contributed by atoms with Gasteiger partial charge in [-0.1, -0.05) is 13.3 Å². The van der Waals surface area contributed by atoms with E-state index in [0.717, 1.165) is 12.5 Å². The van der Waals surface area contributed by atoms with Gasteiger partial charge in [0.25, 0.3) is 0 Å². The number of hydrogen-bond acceptors (Lipinski definition) is 3. The van der Waals surface area contributed by atoms with E-state index in [4.69, 9.17) is 5.73 Å². The van der Waals surface area contributed by atoms with Crippen molar-refractivity contribution in [3.63, 3.8) is 0 Å². The third-order valence-corrected chi connectivity index (χ3v) is 5.57. The maximum absolute atomic E-state index is 6.21. The molecule has 112 valence electrons. The standard InChI is InChI=1S/C16H33N3/c1-4-15-6-5-9-19(10-7-15)16(12-17)8-11-18(13-16)14(2)3/h14-15H,4-13,17H2,1-3H3. The van der Waals surface area contributed by atoms with E-state index in [-0.39, 0.29) is 5.54 Å². The van der Waals surface area contributed by atoms with Crippen molar-refractivity contribution in [3.8, 4) is 0 Å². The highest BCUT2D eigenvalue weighted by Gasteiger charge is 2.42. The highest BCUT2D eigenvalue weighted by Crippen LogP contribution is 2.32. The minimum Gasteiger partial charge on any atom is -0.329 e. The number of nitrogens with zero attached hydrogens (tertiary/aromatic N) is 2. The van der Waals surface area contributed by atoms with E-state index in [0.29, 0.717) is 6.04 Å². The van der Waals surface area contributed by atoms with Crippen LogP contribution in [0.1, 0.15) is 52.9 Å². The van der Waals surface area contributed by atoms with Crippen molar-refractivity contribution in [1.82, 2.24) is 9.80 Å². The zero-order valence-corrected chi connectivity index (χ0v) is 13.2. The fourth-order valence-electron chi connectivity index (χ4n) is 3.93. The van der Waals surface area contributed by atoms with Crippen LogP contribution < -0.4 is 5.73 Å². The molecule has 2 fully saturated rings. The molecule has 0 aliphatic carbocycles. The van der Waals surface area contributed by atoms with Gasteiger partial charge in [-0.15, -0.1) is 0 Å². The molecule has 2 aliphatic heterocycles. The molecule has 0 radical (unpaired) electrons. The second kappa shape index (κ2) is 6.55. The molecule has 2 N–H and O–H groups in total. The summed E-state index contributed by atoms with van der Waals surface area (Å²) in [7, 11) is 0. The predicted octanol–water partition coefficient (Wildman–Crippen LogP) is 2.31. The molecule has 0 spiro atoms. The average Bonchev–Trinajstić information content (AvgIpc) is 2.72. The summed E-state index contributed by atoms with van der Waals surface area (Å²) < 4.78 is 0. The summed E-state index contributed by atoms with van der Waals surface area (Å²) in [4.78, 5) is 5.35. The maximum atomic E-state index is 6.21. The minimum atomic E-state index is 0.271. The third-order valence-electron chi connectivity index (χ3n) is 5.57. The summed E-state index contributed by atoms with van der Waals surface area (Å²) in [6.07, 6.45) is 6.77. The minimum absolute atomic E-state index is 0.271. The second-order valence-corrected chi connectivity index (χ2v) is 6.93. The Bertz CT molecular complexity index is 279. The zero-order valence-electron chi connectivity index (χ0n) is 13.2. The Morgan fingerprint density at radius 3 is 2.58 bits per heavy atom. The molecule has 2 atom stereocenters. The summed E-state index contributed by atoms with van der Waals surface area (Å²) in [5.74, 6) is 0.947. The monoisotopic (exact) mass is 267 g/mol. The smallest absolute Gasteiger partial charge is 0.0470 e. The van der Waals surface area contributed by atoms with Crippen LogP contribution in [0.25, 0.3) is 0 Å². The predicted molar refractivity (Wildman–Crippen MR) is 82.3 cm³/mol. The summed E-state index contributed by atoms with van der Waals surface area (Å²) in [6.45, 7) is 12.7. The van der Waals surface area contributed by atoms with E-state index in [2.05, 4.69) is 30.6 Å². The van der Waals surface area contributed by atoms with Crippen LogP contribution in [0.3, 0.4) is 0 Å². The van der Waals surface area contributed by atoms with Gasteiger partial charge in [-0.2, -0.15) is 0 Å². The number of rotatable bonds is 4. The lowest BCUT2D eigenvalue weighted by atomic mass is 9.95. The van der Waals surface area contributed by atoms with Gasteiger partial charge in [-0.3, -0.25) is 9.80 Å². The van der Waals surface area contributed by atoms with Crippen molar-refractivity contribution >= 4 is 0 Å². The lowest BCUT2D eigenvalue weighted by Crippen LogP contribution is -2.56. The van der Waals surface area contributed by atoms with Gasteiger partial charge in [0, 0.05) is 31.2 Å². The van der Waals surface area contributed by atoms with Crippen molar-refractivity contribution in [2.45, 2.75) is 64.5 Å². The molecular formula is C16H33N3. The highest BCUT2D eigenvalue weighted by molar-refractivity contribution is 5.01. The van der Waals surface area contributed by atoms with Crippen LogP contribution in [0, 0.1) is 5.92 Å². The van der Waals surface area contributed by atoms with Gasteiger partial charge < -0.3 is 5.73 Å². The van der Waals surface area contributed by atoms with Crippen LogP contribution in [0.15, 0.2) is 0 Å². The Kier molecular flexibility index (Phi) is 5.27. The molecule has 0 aromatic heterocycles. The number of nitrogens with two attached hydrogens (primary N) is 1. The Morgan fingerprint density at radius 1 is 1.21 bits per heavy atom. The molecule has 2 saturated heterocycles. The van der Waals surface area contributed by atoms with E-state index in [9.17, 15) is 0 Å². The second-order valence-electron chi connectivity index (χ2n) is 6.93. The van der Waals surface area contributed by atoms with Crippen molar-refractivity contribution in [2.24, 2.45) is 11.7 Å². The molecular weight excluding hydrogens is 234 g/mol. The molecule has 0 aromatic carbocycles. The van der Waals surface area contributed by atoms with Gasteiger partial charge in [0.1, 0.15) is 0 Å². The Labute approximate surface area is 119 Å². The van der Waals surface area contributed by atoms with E-state index in [1.54, 1.807) is 0 Å². The molecule has 0 bridgehead atoms. The lowest BCUT2D eigenvalue weighted by molar-refractivity contribution is 0.0964. The summed E-state index contributed by atoms with van der Waals surface area (Å²) in [5, 5.41) is 0. The van der Waals surface area contributed by atoms with Crippen LogP contribution in [0.4, 0.5) is 0 Å². The lowest BCUT2D eigenvalue weighted by Gasteiger charge is -2.40. The molecule has 0 aromatic rings. The fraction of sp³-hybridized carbons (Fsp3) is 1.00. The number of likely N-dealkylation sites (tertiary alicyclic amines) is 2. The van der Waals surface area contributed by atoms with Gasteiger partial charge in [0.15, 0.2) is 0 Å². The quantitative estimate of drug-likeness (QED) is 0.848. The Hall–Kier alpha value is -0.120. The van der Waals surface area contributed by atoms with E-state index in [1.807, 2.05) is 0 Å². The van der Waals surface area contributed by atoms with Gasteiger partial charge in [-0.05, 0) is 58.5 Å². The first-order valence-electron chi connectivity index (χ1n) is 8.30. The van der Waals surface area contributed by atoms with Gasteiger partial charge in [0.05, 0.1) is 0 Å². The summed E-state index contributed by atoms with van der Waals surface area (Å²) in [6, 6.07) is 0.656. The van der Waals surface area contributed by atoms with Crippen molar-refractivity contribution in [2.75, 3.05) is 32.7 Å². The molecule has 19 heavy (non-hydrogen) atoms. The molecule has 2 rings (SSSR count). The van der Waals surface area contributed by atoms with Gasteiger partial charge in [0.2, 0.25) is 0 Å². The average molecular weight is 267 g/mol. The maximum Gasteiger partial charge on any atom is 0.0470 e. The molecule has 2 unspecified atom stereocenters. The van der Waals surface area contributed by atoms with Crippen LogP contribution in [-0.2, 0) is 0 Å². The SMILES string of the molecule is CCC1CCCN(C2(CN)CCN(C(C)C)C2)CC1. The first-order chi connectivity index (χ1) is 9.11. The van der Waals surface area contributed by atoms with Crippen LogP contribution >= 0.6 is 0 Å². The van der Waals surface area contributed by atoms with Crippen LogP contribution in [0.5, 0.6) is 0 Å². The van der Waals surface area contributed by atoms with Crippen molar-refractivity contribution in [3.05, 3.63) is 0 Å².